The second-order valence-electron chi connectivity index (χ2n) is 9.98. The van der Waals surface area contributed by atoms with Gasteiger partial charge in [-0.1, -0.05) is 18.2 Å². The molecule has 0 aliphatic carbocycles. The summed E-state index contributed by atoms with van der Waals surface area (Å²) >= 11 is 0. The van der Waals surface area contributed by atoms with Crippen molar-refractivity contribution in [2.75, 3.05) is 52.8 Å². The van der Waals surface area contributed by atoms with Crippen LogP contribution in [0.15, 0.2) is 59.8 Å². The van der Waals surface area contributed by atoms with Crippen LogP contribution in [-0.2, 0) is 20.5 Å². The number of nitriles is 1. The Morgan fingerprint density at radius 3 is 2.30 bits per heavy atom. The number of guanidine groups is 1. The highest BCUT2D eigenvalue weighted by atomic mass is 19.4. The summed E-state index contributed by atoms with van der Waals surface area (Å²) in [5.74, 6) is -1.90. The molecule has 0 saturated carbocycles. The number of allylic oxidation sites excluding steroid dienone is 1. The number of likely N-dealkylation sites (N-methyl/N-ethyl adjacent to an activating group) is 2. The molecule has 1 heterocycles. The minimum Gasteiger partial charge on any atom is -0.466 e. The first-order valence-electron chi connectivity index (χ1n) is 13.0. The number of halogens is 3. The van der Waals surface area contributed by atoms with Crippen LogP contribution < -0.4 is 10.2 Å². The van der Waals surface area contributed by atoms with Crippen molar-refractivity contribution in [3.63, 3.8) is 0 Å². The molecule has 0 radical (unpaired) electrons. The van der Waals surface area contributed by atoms with E-state index in [1.54, 1.807) is 7.05 Å². The Morgan fingerprint density at radius 1 is 1.09 bits per heavy atom. The maximum atomic E-state index is 13.7. The van der Waals surface area contributed by atoms with E-state index < -0.39 is 48.2 Å². The minimum absolute atomic E-state index is 0.0501. The first-order valence-corrected chi connectivity index (χ1v) is 13.0. The number of nitrogens with zero attached hydrogens (tertiary/aromatic N) is 5. The molecule has 43 heavy (non-hydrogen) atoms. The number of hydrogen-bond donors (Lipinski definition) is 2. The molecule has 14 heteroatoms. The van der Waals surface area contributed by atoms with Gasteiger partial charge in [-0.15, -0.1) is 0 Å². The van der Waals surface area contributed by atoms with Crippen LogP contribution >= 0.6 is 0 Å². The molecule has 1 aliphatic heterocycles. The SMILES string of the molecule is COC(=O)C1=C(C)N(c2cccc(C(F)(F)F)c2)C(=N)N(C(=O)NCC(=O)N(C)CCN(C)C)C1c1ccc(C#N)cc1. The Hall–Kier alpha value is -4.90. The van der Waals surface area contributed by atoms with Crippen LogP contribution in [0.2, 0.25) is 0 Å². The molecule has 0 fully saturated rings. The molecule has 228 valence electrons. The van der Waals surface area contributed by atoms with Crippen molar-refractivity contribution < 1.29 is 32.3 Å². The molecule has 0 spiro atoms. The maximum absolute atomic E-state index is 13.7. The number of urea groups is 1. The standard InChI is InChI=1S/C29H32F3N7O4/c1-18-24(26(41)43-5)25(20-11-9-19(16-33)10-12-20)39(28(42)35-17-23(40)37(4)14-13-36(2)3)27(34)38(18)22-8-6-7-21(15-22)29(30,31)32/h6-12,15,25,34H,13-14,17H2,1-5H3,(H,35,42). The third-order valence-electron chi connectivity index (χ3n) is 6.81. The zero-order valence-corrected chi connectivity index (χ0v) is 24.3. The molecule has 2 aromatic rings. The highest BCUT2D eigenvalue weighted by Gasteiger charge is 2.44. The molecule has 1 unspecified atom stereocenters. The van der Waals surface area contributed by atoms with Crippen molar-refractivity contribution in [3.8, 4) is 6.07 Å². The highest BCUT2D eigenvalue weighted by molar-refractivity contribution is 6.10. The molecule has 1 atom stereocenters. The molecular weight excluding hydrogens is 567 g/mol. The van der Waals surface area contributed by atoms with Gasteiger partial charge in [-0.05, 0) is 56.9 Å². The Labute approximate surface area is 247 Å². The van der Waals surface area contributed by atoms with E-state index in [0.29, 0.717) is 24.2 Å². The quantitative estimate of drug-likeness (QED) is 0.444. The van der Waals surface area contributed by atoms with Gasteiger partial charge in [0.05, 0.1) is 36.4 Å². The van der Waals surface area contributed by atoms with Crippen molar-refractivity contribution in [1.29, 1.82) is 10.7 Å². The van der Waals surface area contributed by atoms with E-state index in [1.807, 2.05) is 25.1 Å². The number of ether oxygens (including phenoxy) is 1. The van der Waals surface area contributed by atoms with E-state index in [2.05, 4.69) is 5.32 Å². The second-order valence-corrected chi connectivity index (χ2v) is 9.98. The Morgan fingerprint density at radius 2 is 1.74 bits per heavy atom. The van der Waals surface area contributed by atoms with Gasteiger partial charge in [0, 0.05) is 31.5 Å². The van der Waals surface area contributed by atoms with E-state index in [-0.39, 0.29) is 17.0 Å². The van der Waals surface area contributed by atoms with Gasteiger partial charge in [-0.3, -0.25) is 20.0 Å². The fraction of sp³-hybridized carbons (Fsp3) is 0.345. The number of nitrogens with one attached hydrogen (secondary N) is 2. The Bertz CT molecular complexity index is 1470. The van der Waals surface area contributed by atoms with Crippen molar-refractivity contribution in [3.05, 3.63) is 76.5 Å². The highest BCUT2D eigenvalue weighted by Crippen LogP contribution is 2.41. The number of amides is 3. The number of anilines is 1. The van der Waals surface area contributed by atoms with Gasteiger partial charge in [0.2, 0.25) is 11.9 Å². The van der Waals surface area contributed by atoms with Crippen molar-refractivity contribution in [2.24, 2.45) is 0 Å². The van der Waals surface area contributed by atoms with Crippen molar-refractivity contribution in [1.82, 2.24) is 20.0 Å². The molecule has 2 N–H and O–H groups in total. The van der Waals surface area contributed by atoms with Gasteiger partial charge in [0.1, 0.15) is 6.04 Å². The van der Waals surface area contributed by atoms with Crippen LogP contribution in [0.25, 0.3) is 0 Å². The summed E-state index contributed by atoms with van der Waals surface area (Å²) in [4.78, 5) is 44.9. The molecule has 11 nitrogen and oxygen atoms in total. The number of rotatable bonds is 8. The Kier molecular flexibility index (Phi) is 10.2. The molecule has 2 aromatic carbocycles. The first-order chi connectivity index (χ1) is 20.2. The van der Waals surface area contributed by atoms with Gasteiger partial charge in [-0.25, -0.2) is 9.59 Å². The van der Waals surface area contributed by atoms with Gasteiger partial charge in [0.15, 0.2) is 0 Å². The van der Waals surface area contributed by atoms with Gasteiger partial charge in [-0.2, -0.15) is 18.4 Å². The van der Waals surface area contributed by atoms with E-state index >= 15 is 0 Å². The minimum atomic E-state index is -4.70. The first kappa shape index (κ1) is 32.6. The van der Waals surface area contributed by atoms with E-state index in [1.165, 1.54) is 42.2 Å². The summed E-state index contributed by atoms with van der Waals surface area (Å²) in [6, 6.07) is 9.76. The Balaban J connectivity index is 2.14. The predicted octanol–water partition coefficient (Wildman–Crippen LogP) is 3.55. The summed E-state index contributed by atoms with van der Waals surface area (Å²) in [5.41, 5.74) is -0.602. The van der Waals surface area contributed by atoms with Gasteiger partial charge in [0.25, 0.3) is 0 Å². The lowest BCUT2D eigenvalue weighted by Gasteiger charge is -2.43. The fourth-order valence-corrected chi connectivity index (χ4v) is 4.46. The number of methoxy groups -OCH3 is 1. The lowest BCUT2D eigenvalue weighted by molar-refractivity contribution is -0.138. The summed E-state index contributed by atoms with van der Waals surface area (Å²) < 4.78 is 45.8. The molecule has 3 amide bonds. The van der Waals surface area contributed by atoms with Crippen molar-refractivity contribution in [2.45, 2.75) is 19.1 Å². The van der Waals surface area contributed by atoms with Crippen LogP contribution in [0, 0.1) is 16.7 Å². The smallest absolute Gasteiger partial charge is 0.416 e. The number of carbonyl (C=O) groups is 3. The van der Waals surface area contributed by atoms with E-state index in [0.717, 1.165) is 35.1 Å². The normalized spacial score (nSPS) is 15.3. The molecular formula is C29H32F3N7O4. The third-order valence-corrected chi connectivity index (χ3v) is 6.81. The molecule has 0 bridgehead atoms. The van der Waals surface area contributed by atoms with Gasteiger partial charge >= 0.3 is 18.2 Å². The van der Waals surface area contributed by atoms with E-state index in [4.69, 9.17) is 10.1 Å². The average molecular weight is 600 g/mol. The summed E-state index contributed by atoms with van der Waals surface area (Å²) in [6.07, 6.45) is -4.70. The molecule has 0 saturated heterocycles. The predicted molar refractivity (Wildman–Crippen MR) is 152 cm³/mol. The number of hydrogen-bond acceptors (Lipinski definition) is 7. The van der Waals surface area contributed by atoms with Crippen LogP contribution in [0.5, 0.6) is 0 Å². The fourth-order valence-electron chi connectivity index (χ4n) is 4.46. The summed E-state index contributed by atoms with van der Waals surface area (Å²) in [7, 11) is 6.36. The van der Waals surface area contributed by atoms with Gasteiger partial charge < -0.3 is 19.9 Å². The summed E-state index contributed by atoms with van der Waals surface area (Å²) in [6.45, 7) is 1.93. The van der Waals surface area contributed by atoms with Crippen molar-refractivity contribution >= 4 is 29.6 Å². The van der Waals surface area contributed by atoms with Crippen LogP contribution in [0.4, 0.5) is 23.7 Å². The second kappa shape index (κ2) is 13.4. The number of esters is 1. The maximum Gasteiger partial charge on any atom is 0.416 e. The molecule has 0 aromatic heterocycles. The number of benzene rings is 2. The lowest BCUT2D eigenvalue weighted by Crippen LogP contribution is -2.57. The number of alkyl halides is 3. The zero-order chi connectivity index (χ0) is 32.1. The van der Waals surface area contributed by atoms with Crippen LogP contribution in [0.3, 0.4) is 0 Å². The summed E-state index contributed by atoms with van der Waals surface area (Å²) in [5, 5.41) is 20.8. The molecule has 1 aliphatic rings. The van der Waals surface area contributed by atoms with Crippen LogP contribution in [0.1, 0.15) is 29.7 Å². The van der Waals surface area contributed by atoms with Crippen LogP contribution in [-0.4, -0.2) is 86.5 Å². The van der Waals surface area contributed by atoms with E-state index in [9.17, 15) is 32.8 Å². The topological polar surface area (TPSA) is 133 Å². The number of carbonyl (C=O) groups excluding carboxylic acids is 3. The zero-order valence-electron chi connectivity index (χ0n) is 24.3. The molecule has 3 rings (SSSR count). The average Bonchev–Trinajstić information content (AvgIpc) is 2.97. The third kappa shape index (κ3) is 7.31. The largest absolute Gasteiger partial charge is 0.466 e. The lowest BCUT2D eigenvalue weighted by atomic mass is 9.92. The monoisotopic (exact) mass is 599 g/mol.